The molecule has 1 atom stereocenters. The summed E-state index contributed by atoms with van der Waals surface area (Å²) in [6.07, 6.45) is 5.27. The van der Waals surface area contributed by atoms with Crippen LogP contribution in [0.3, 0.4) is 0 Å². The van der Waals surface area contributed by atoms with Gasteiger partial charge in [-0.1, -0.05) is 0 Å². The molecule has 1 aromatic heterocycles. The van der Waals surface area contributed by atoms with Crippen LogP contribution in [-0.2, 0) is 11.2 Å². The second-order valence-corrected chi connectivity index (χ2v) is 7.19. The van der Waals surface area contributed by atoms with Crippen molar-refractivity contribution in [1.82, 2.24) is 26.1 Å². The molecule has 128 valence electrons. The molecule has 6 nitrogen and oxygen atoms in total. The quantitative estimate of drug-likeness (QED) is 0.605. The van der Waals surface area contributed by atoms with E-state index in [-0.39, 0.29) is 11.9 Å². The lowest BCUT2D eigenvalue weighted by atomic mass is 9.77. The Morgan fingerprint density at radius 2 is 2.13 bits per heavy atom. The smallest absolute Gasteiger partial charge is 0.237 e. The van der Waals surface area contributed by atoms with Crippen molar-refractivity contribution in [2.24, 2.45) is 5.41 Å². The van der Waals surface area contributed by atoms with Gasteiger partial charge in [-0.25, -0.2) is 0 Å². The fraction of sp³-hybridized carbons (Fsp3) is 0.765. The van der Waals surface area contributed by atoms with Gasteiger partial charge >= 0.3 is 0 Å². The second kappa shape index (κ2) is 7.01. The fourth-order valence-electron chi connectivity index (χ4n) is 3.98. The van der Waals surface area contributed by atoms with Gasteiger partial charge in [-0.15, -0.1) is 0 Å². The molecule has 2 saturated heterocycles. The molecule has 1 spiro atoms. The van der Waals surface area contributed by atoms with Gasteiger partial charge in [-0.2, -0.15) is 5.10 Å². The first-order chi connectivity index (χ1) is 11.1. The molecule has 2 aliphatic rings. The first-order valence-electron chi connectivity index (χ1n) is 8.82. The highest BCUT2D eigenvalue weighted by Gasteiger charge is 2.41. The summed E-state index contributed by atoms with van der Waals surface area (Å²) < 4.78 is 0. The van der Waals surface area contributed by atoms with E-state index >= 15 is 0 Å². The molecule has 0 aromatic carbocycles. The Labute approximate surface area is 138 Å². The van der Waals surface area contributed by atoms with Crippen LogP contribution in [0.1, 0.15) is 42.6 Å². The minimum absolute atomic E-state index is 0.00880. The Kier molecular flexibility index (Phi) is 5.02. The molecule has 0 aliphatic carbocycles. The van der Waals surface area contributed by atoms with Crippen LogP contribution >= 0.6 is 0 Å². The molecule has 3 heterocycles. The summed E-state index contributed by atoms with van der Waals surface area (Å²) in [4.78, 5) is 12.4. The highest BCUT2D eigenvalue weighted by molar-refractivity contribution is 5.82. The van der Waals surface area contributed by atoms with Gasteiger partial charge < -0.3 is 16.0 Å². The van der Waals surface area contributed by atoms with Crippen molar-refractivity contribution in [2.45, 2.75) is 52.0 Å². The van der Waals surface area contributed by atoms with E-state index in [2.05, 4.69) is 33.1 Å². The van der Waals surface area contributed by atoms with Crippen molar-refractivity contribution in [1.29, 1.82) is 0 Å². The van der Waals surface area contributed by atoms with Crippen molar-refractivity contribution >= 4 is 5.91 Å². The lowest BCUT2D eigenvalue weighted by molar-refractivity contribution is -0.123. The average molecular weight is 319 g/mol. The summed E-state index contributed by atoms with van der Waals surface area (Å²) in [6.45, 7) is 7.96. The molecule has 23 heavy (non-hydrogen) atoms. The van der Waals surface area contributed by atoms with E-state index in [1.54, 1.807) is 0 Å². The van der Waals surface area contributed by atoms with E-state index in [0.29, 0.717) is 5.41 Å². The van der Waals surface area contributed by atoms with E-state index in [1.807, 2.05) is 6.92 Å². The second-order valence-electron chi connectivity index (χ2n) is 7.19. The summed E-state index contributed by atoms with van der Waals surface area (Å²) in [5, 5.41) is 17.2. The number of carbonyl (C=O) groups excluding carboxylic acids is 1. The molecule has 1 amide bonds. The van der Waals surface area contributed by atoms with Gasteiger partial charge in [0, 0.05) is 18.8 Å². The van der Waals surface area contributed by atoms with Crippen LogP contribution in [0.2, 0.25) is 0 Å². The Balaban J connectivity index is 1.40. The van der Waals surface area contributed by atoms with Crippen LogP contribution in [0.15, 0.2) is 0 Å². The van der Waals surface area contributed by atoms with E-state index in [4.69, 9.17) is 0 Å². The van der Waals surface area contributed by atoms with Crippen LogP contribution in [0, 0.1) is 19.3 Å². The number of aromatic nitrogens is 2. The minimum atomic E-state index is -0.00880. The maximum Gasteiger partial charge on any atom is 0.237 e. The van der Waals surface area contributed by atoms with Gasteiger partial charge in [-0.3, -0.25) is 9.89 Å². The van der Waals surface area contributed by atoms with Crippen molar-refractivity contribution in [2.75, 3.05) is 26.2 Å². The number of nitrogens with one attached hydrogen (secondary N) is 4. The van der Waals surface area contributed by atoms with Crippen molar-refractivity contribution in [3.63, 3.8) is 0 Å². The molecule has 0 saturated carbocycles. The van der Waals surface area contributed by atoms with Gasteiger partial charge in [0.25, 0.3) is 0 Å². The standard InChI is InChI=1S/C17H29N5O/c1-12-14(13(2)22-21-12)4-3-7-19-16(23)15-10-17(11-20-15)5-8-18-9-6-17/h15,18,20H,3-11H2,1-2H3,(H,19,23)(H,21,22)/t15-/m0/s1. The molecule has 0 bridgehead atoms. The average Bonchev–Trinajstić information content (AvgIpc) is 3.10. The molecular formula is C17H29N5O. The third kappa shape index (κ3) is 3.75. The third-order valence-electron chi connectivity index (χ3n) is 5.52. The molecular weight excluding hydrogens is 290 g/mol. The van der Waals surface area contributed by atoms with Gasteiger partial charge in [-0.05, 0) is 70.0 Å². The molecule has 6 heteroatoms. The minimum Gasteiger partial charge on any atom is -0.355 e. The predicted molar refractivity (Wildman–Crippen MR) is 90.3 cm³/mol. The zero-order valence-corrected chi connectivity index (χ0v) is 14.3. The number of nitrogens with zero attached hydrogens (tertiary/aromatic N) is 1. The number of amides is 1. The summed E-state index contributed by atoms with van der Waals surface area (Å²) in [7, 11) is 0. The third-order valence-corrected chi connectivity index (χ3v) is 5.52. The monoisotopic (exact) mass is 319 g/mol. The largest absolute Gasteiger partial charge is 0.355 e. The molecule has 4 N–H and O–H groups in total. The van der Waals surface area contributed by atoms with Crippen LogP contribution in [0.25, 0.3) is 0 Å². The number of aromatic amines is 1. The molecule has 0 unspecified atom stereocenters. The number of hydrogen-bond acceptors (Lipinski definition) is 4. The van der Waals surface area contributed by atoms with Gasteiger partial charge in [0.05, 0.1) is 11.7 Å². The highest BCUT2D eigenvalue weighted by atomic mass is 16.2. The van der Waals surface area contributed by atoms with Crippen LogP contribution in [0.4, 0.5) is 0 Å². The number of hydrogen-bond donors (Lipinski definition) is 4. The summed E-state index contributed by atoms with van der Waals surface area (Å²) in [5.74, 6) is 0.168. The maximum absolute atomic E-state index is 12.4. The van der Waals surface area contributed by atoms with Gasteiger partial charge in [0.1, 0.15) is 0 Å². The topological polar surface area (TPSA) is 81.8 Å². The molecule has 0 radical (unpaired) electrons. The molecule has 2 aliphatic heterocycles. The SMILES string of the molecule is Cc1n[nH]c(C)c1CCCNC(=O)[C@@H]1CC2(CCNCC2)CN1. The van der Waals surface area contributed by atoms with E-state index in [9.17, 15) is 4.79 Å². The van der Waals surface area contributed by atoms with Gasteiger partial charge in [0.15, 0.2) is 0 Å². The zero-order valence-electron chi connectivity index (χ0n) is 14.3. The van der Waals surface area contributed by atoms with Crippen LogP contribution in [-0.4, -0.2) is 48.3 Å². The first kappa shape index (κ1) is 16.5. The van der Waals surface area contributed by atoms with Crippen LogP contribution < -0.4 is 16.0 Å². The lowest BCUT2D eigenvalue weighted by Gasteiger charge is -2.33. The molecule has 1 aromatic rings. The molecule has 3 rings (SSSR count). The fourth-order valence-corrected chi connectivity index (χ4v) is 3.98. The number of carbonyl (C=O) groups is 1. The number of H-pyrrole nitrogens is 1. The summed E-state index contributed by atoms with van der Waals surface area (Å²) in [5.41, 5.74) is 3.84. The van der Waals surface area contributed by atoms with Crippen molar-refractivity contribution in [3.05, 3.63) is 17.0 Å². The molecule has 2 fully saturated rings. The van der Waals surface area contributed by atoms with Gasteiger partial charge in [0.2, 0.25) is 5.91 Å². The number of rotatable bonds is 5. The zero-order chi connectivity index (χ0) is 16.3. The number of piperidine rings is 1. The Hall–Kier alpha value is -1.40. The Bertz CT molecular complexity index is 528. The Morgan fingerprint density at radius 1 is 1.35 bits per heavy atom. The van der Waals surface area contributed by atoms with E-state index < -0.39 is 0 Å². The lowest BCUT2D eigenvalue weighted by Crippen LogP contribution is -2.40. The van der Waals surface area contributed by atoms with Crippen molar-refractivity contribution in [3.8, 4) is 0 Å². The number of aryl methyl sites for hydroxylation is 2. The van der Waals surface area contributed by atoms with E-state index in [0.717, 1.165) is 56.8 Å². The van der Waals surface area contributed by atoms with Crippen LogP contribution in [0.5, 0.6) is 0 Å². The maximum atomic E-state index is 12.4. The summed E-state index contributed by atoms with van der Waals surface area (Å²) >= 11 is 0. The first-order valence-corrected chi connectivity index (χ1v) is 8.82. The Morgan fingerprint density at radius 3 is 2.83 bits per heavy atom. The summed E-state index contributed by atoms with van der Waals surface area (Å²) in [6, 6.07) is -0.00880. The van der Waals surface area contributed by atoms with E-state index in [1.165, 1.54) is 18.4 Å². The van der Waals surface area contributed by atoms with Crippen molar-refractivity contribution < 1.29 is 4.79 Å². The normalized spacial score (nSPS) is 23.3. The highest BCUT2D eigenvalue weighted by Crippen LogP contribution is 2.37. The predicted octanol–water partition coefficient (Wildman–Crippen LogP) is 0.807.